The summed E-state index contributed by atoms with van der Waals surface area (Å²) in [5.74, 6) is 0. The molecule has 2 aromatic rings. The summed E-state index contributed by atoms with van der Waals surface area (Å²) in [5, 5.41) is 13.0. The Bertz CT molecular complexity index is 612. The Morgan fingerprint density at radius 3 is 2.42 bits per heavy atom. The zero-order valence-electron chi connectivity index (χ0n) is 10.9. The highest BCUT2D eigenvalue weighted by Crippen LogP contribution is 2.24. The Labute approximate surface area is 118 Å². The van der Waals surface area contributed by atoms with Crippen LogP contribution in [-0.4, -0.2) is 0 Å². The molecule has 0 radical (unpaired) electrons. The molecule has 0 amide bonds. The van der Waals surface area contributed by atoms with Gasteiger partial charge in [-0.3, -0.25) is 0 Å². The molecule has 0 aliphatic rings. The number of halogens is 1. The van der Waals surface area contributed by atoms with Crippen LogP contribution in [0.25, 0.3) is 0 Å². The van der Waals surface area contributed by atoms with E-state index in [9.17, 15) is 0 Å². The van der Waals surface area contributed by atoms with Gasteiger partial charge in [0, 0.05) is 16.8 Å². The predicted octanol–water partition coefficient (Wildman–Crippen LogP) is 4.69. The minimum atomic E-state index is 0.174. The number of hydrogen-bond acceptors (Lipinski definition) is 2. The molecule has 0 aliphatic heterocycles. The quantitative estimate of drug-likeness (QED) is 0.878. The third kappa shape index (κ3) is 3.27. The van der Waals surface area contributed by atoms with E-state index in [1.165, 1.54) is 0 Å². The molecule has 0 aromatic heterocycles. The highest BCUT2D eigenvalue weighted by Gasteiger charge is 2.07. The first-order valence-electron chi connectivity index (χ1n) is 6.13. The maximum Gasteiger partial charge on any atom is 0.0991 e. The molecule has 0 saturated carbocycles. The van der Waals surface area contributed by atoms with Crippen molar-refractivity contribution in [1.82, 2.24) is 0 Å². The molecule has 2 aromatic carbocycles. The van der Waals surface area contributed by atoms with E-state index in [0.717, 1.165) is 21.8 Å². The van der Waals surface area contributed by atoms with Gasteiger partial charge in [0.1, 0.15) is 0 Å². The third-order valence-electron chi connectivity index (χ3n) is 3.10. The van der Waals surface area contributed by atoms with Gasteiger partial charge in [0.25, 0.3) is 0 Å². The fourth-order valence-corrected chi connectivity index (χ4v) is 2.18. The van der Waals surface area contributed by atoms with Gasteiger partial charge in [-0.15, -0.1) is 0 Å². The average Bonchev–Trinajstić information content (AvgIpc) is 2.42. The van der Waals surface area contributed by atoms with E-state index in [0.29, 0.717) is 5.56 Å². The Morgan fingerprint density at radius 1 is 1.16 bits per heavy atom. The number of nitrogens with zero attached hydrogens (tertiary/aromatic N) is 1. The Balaban J connectivity index is 2.16. The molecule has 2 rings (SSSR count). The van der Waals surface area contributed by atoms with E-state index < -0.39 is 0 Å². The highest BCUT2D eigenvalue weighted by molar-refractivity contribution is 6.30. The van der Waals surface area contributed by atoms with Crippen LogP contribution in [0, 0.1) is 18.3 Å². The minimum Gasteiger partial charge on any atom is -0.378 e. The van der Waals surface area contributed by atoms with Crippen molar-refractivity contribution in [3.05, 3.63) is 64.2 Å². The van der Waals surface area contributed by atoms with Crippen molar-refractivity contribution in [2.24, 2.45) is 0 Å². The van der Waals surface area contributed by atoms with Crippen LogP contribution in [0.2, 0.25) is 5.02 Å². The monoisotopic (exact) mass is 270 g/mol. The standard InChI is InChI=1S/C16H15ClN2/c1-11-9-15(17)7-8-16(11)19-12(2)14-5-3-13(10-18)4-6-14/h3-9,12,19H,1-2H3. The number of benzene rings is 2. The molecule has 0 fully saturated rings. The number of anilines is 1. The van der Waals surface area contributed by atoms with Crippen LogP contribution >= 0.6 is 11.6 Å². The van der Waals surface area contributed by atoms with E-state index in [1.54, 1.807) is 0 Å². The van der Waals surface area contributed by atoms with Gasteiger partial charge in [0.05, 0.1) is 11.6 Å². The maximum absolute atomic E-state index is 8.79. The topological polar surface area (TPSA) is 35.8 Å². The van der Waals surface area contributed by atoms with Crippen molar-refractivity contribution >= 4 is 17.3 Å². The lowest BCUT2D eigenvalue weighted by atomic mass is 10.1. The lowest BCUT2D eigenvalue weighted by Crippen LogP contribution is -2.07. The molecular formula is C16H15ClN2. The van der Waals surface area contributed by atoms with E-state index in [4.69, 9.17) is 16.9 Å². The van der Waals surface area contributed by atoms with Crippen molar-refractivity contribution < 1.29 is 0 Å². The fraction of sp³-hybridized carbons (Fsp3) is 0.188. The Kier molecular flexibility index (Phi) is 4.09. The van der Waals surface area contributed by atoms with Crippen LogP contribution in [0.3, 0.4) is 0 Å². The molecule has 1 atom stereocenters. The summed E-state index contributed by atoms with van der Waals surface area (Å²) in [5.41, 5.74) is 4.02. The van der Waals surface area contributed by atoms with Crippen molar-refractivity contribution in [1.29, 1.82) is 5.26 Å². The van der Waals surface area contributed by atoms with Crippen molar-refractivity contribution in [2.45, 2.75) is 19.9 Å². The molecule has 0 spiro atoms. The average molecular weight is 271 g/mol. The van der Waals surface area contributed by atoms with Gasteiger partial charge in [-0.05, 0) is 55.3 Å². The van der Waals surface area contributed by atoms with Crippen LogP contribution in [-0.2, 0) is 0 Å². The van der Waals surface area contributed by atoms with Gasteiger partial charge in [0.2, 0.25) is 0 Å². The summed E-state index contributed by atoms with van der Waals surface area (Å²) in [7, 11) is 0. The summed E-state index contributed by atoms with van der Waals surface area (Å²) in [6.45, 7) is 4.12. The lowest BCUT2D eigenvalue weighted by molar-refractivity contribution is 0.882. The molecule has 96 valence electrons. The lowest BCUT2D eigenvalue weighted by Gasteiger charge is -2.17. The number of hydrogen-bond donors (Lipinski definition) is 1. The molecule has 19 heavy (non-hydrogen) atoms. The van der Waals surface area contributed by atoms with Gasteiger partial charge in [-0.1, -0.05) is 23.7 Å². The normalized spacial score (nSPS) is 11.7. The van der Waals surface area contributed by atoms with Crippen LogP contribution in [0.5, 0.6) is 0 Å². The zero-order valence-corrected chi connectivity index (χ0v) is 11.7. The molecule has 1 N–H and O–H groups in total. The summed E-state index contributed by atoms with van der Waals surface area (Å²) < 4.78 is 0. The second-order valence-electron chi connectivity index (χ2n) is 4.56. The van der Waals surface area contributed by atoms with Gasteiger partial charge in [-0.25, -0.2) is 0 Å². The molecule has 1 unspecified atom stereocenters. The van der Waals surface area contributed by atoms with Crippen molar-refractivity contribution in [3.63, 3.8) is 0 Å². The third-order valence-corrected chi connectivity index (χ3v) is 3.34. The van der Waals surface area contributed by atoms with Gasteiger partial charge < -0.3 is 5.32 Å². The van der Waals surface area contributed by atoms with Crippen molar-refractivity contribution in [3.8, 4) is 6.07 Å². The number of nitrogens with one attached hydrogen (secondary N) is 1. The molecule has 0 aliphatic carbocycles. The highest BCUT2D eigenvalue weighted by atomic mass is 35.5. The smallest absolute Gasteiger partial charge is 0.0991 e. The molecule has 0 bridgehead atoms. The molecule has 0 saturated heterocycles. The molecule has 2 nitrogen and oxygen atoms in total. The van der Waals surface area contributed by atoms with Crippen LogP contribution < -0.4 is 5.32 Å². The van der Waals surface area contributed by atoms with Gasteiger partial charge in [0.15, 0.2) is 0 Å². The second kappa shape index (κ2) is 5.77. The van der Waals surface area contributed by atoms with E-state index in [2.05, 4.69) is 18.3 Å². The SMILES string of the molecule is Cc1cc(Cl)ccc1NC(C)c1ccc(C#N)cc1. The van der Waals surface area contributed by atoms with Gasteiger partial charge in [-0.2, -0.15) is 5.26 Å². The number of rotatable bonds is 3. The number of aryl methyl sites for hydroxylation is 1. The van der Waals surface area contributed by atoms with Crippen LogP contribution in [0.15, 0.2) is 42.5 Å². The maximum atomic E-state index is 8.79. The summed E-state index contributed by atoms with van der Waals surface area (Å²) in [6.07, 6.45) is 0. The Hall–Kier alpha value is -1.98. The summed E-state index contributed by atoms with van der Waals surface area (Å²) >= 11 is 5.95. The molecular weight excluding hydrogens is 256 g/mol. The van der Waals surface area contributed by atoms with E-state index >= 15 is 0 Å². The van der Waals surface area contributed by atoms with Gasteiger partial charge >= 0.3 is 0 Å². The first-order valence-corrected chi connectivity index (χ1v) is 6.50. The Morgan fingerprint density at radius 2 is 1.84 bits per heavy atom. The molecule has 3 heteroatoms. The fourth-order valence-electron chi connectivity index (χ4n) is 1.95. The number of nitriles is 1. The van der Waals surface area contributed by atoms with E-state index in [1.807, 2.05) is 49.4 Å². The summed E-state index contributed by atoms with van der Waals surface area (Å²) in [4.78, 5) is 0. The van der Waals surface area contributed by atoms with Crippen molar-refractivity contribution in [2.75, 3.05) is 5.32 Å². The predicted molar refractivity (Wildman–Crippen MR) is 79.4 cm³/mol. The minimum absolute atomic E-state index is 0.174. The second-order valence-corrected chi connectivity index (χ2v) is 5.00. The summed E-state index contributed by atoms with van der Waals surface area (Å²) in [6, 6.07) is 15.7. The largest absolute Gasteiger partial charge is 0.378 e. The zero-order chi connectivity index (χ0) is 13.8. The first kappa shape index (κ1) is 13.5. The molecule has 0 heterocycles. The van der Waals surface area contributed by atoms with Crippen LogP contribution in [0.4, 0.5) is 5.69 Å². The first-order chi connectivity index (χ1) is 9.10. The van der Waals surface area contributed by atoms with E-state index in [-0.39, 0.29) is 6.04 Å². The van der Waals surface area contributed by atoms with Crippen LogP contribution in [0.1, 0.15) is 29.7 Å².